The van der Waals surface area contributed by atoms with Gasteiger partial charge in [0.05, 0.1) is 22.3 Å². The third-order valence-electron chi connectivity index (χ3n) is 5.58. The van der Waals surface area contributed by atoms with Crippen LogP contribution in [-0.4, -0.2) is 39.2 Å². The highest BCUT2D eigenvalue weighted by Gasteiger charge is 2.26. The maximum absolute atomic E-state index is 13.3. The fourth-order valence-corrected chi connectivity index (χ4v) is 5.13. The van der Waals surface area contributed by atoms with E-state index in [-0.39, 0.29) is 17.2 Å². The molecule has 1 saturated heterocycles. The molecule has 1 aromatic heterocycles. The minimum absolute atomic E-state index is 0.108. The van der Waals surface area contributed by atoms with Crippen LogP contribution in [0.2, 0.25) is 0 Å². The van der Waals surface area contributed by atoms with Gasteiger partial charge in [0, 0.05) is 13.1 Å². The minimum atomic E-state index is -0.111. The van der Waals surface area contributed by atoms with Gasteiger partial charge in [-0.05, 0) is 49.4 Å². The van der Waals surface area contributed by atoms with Crippen molar-refractivity contribution in [1.29, 1.82) is 0 Å². The molecule has 5 nitrogen and oxygen atoms in total. The quantitative estimate of drug-likeness (QED) is 0.466. The molecule has 0 spiro atoms. The first-order chi connectivity index (χ1) is 14.4. The van der Waals surface area contributed by atoms with Crippen molar-refractivity contribution in [3.8, 4) is 5.69 Å². The number of likely N-dealkylation sites (tertiary alicyclic amines) is 1. The Labute approximate surface area is 181 Å². The summed E-state index contributed by atoms with van der Waals surface area (Å²) in [6, 6.07) is 15.2. The number of piperidine rings is 1. The van der Waals surface area contributed by atoms with E-state index in [1.165, 1.54) is 11.8 Å². The number of fused-ring (bicyclic) bond motifs is 1. The second kappa shape index (κ2) is 8.64. The molecule has 6 heteroatoms. The van der Waals surface area contributed by atoms with Crippen LogP contribution in [0.25, 0.3) is 16.6 Å². The Morgan fingerprint density at radius 1 is 1.07 bits per heavy atom. The number of para-hydroxylation sites is 1. The van der Waals surface area contributed by atoms with E-state index in [4.69, 9.17) is 4.98 Å². The number of aromatic nitrogens is 2. The number of thioether (sulfide) groups is 1. The number of carbonyl (C=O) groups excluding carboxylic acids is 1. The number of hydrogen-bond donors (Lipinski definition) is 0. The van der Waals surface area contributed by atoms with Gasteiger partial charge >= 0.3 is 0 Å². The summed E-state index contributed by atoms with van der Waals surface area (Å²) in [5.41, 5.74) is 2.43. The number of rotatable bonds is 4. The maximum atomic E-state index is 13.3. The van der Waals surface area contributed by atoms with Crippen LogP contribution >= 0.6 is 11.8 Å². The zero-order valence-electron chi connectivity index (χ0n) is 17.7. The minimum Gasteiger partial charge on any atom is -0.341 e. The van der Waals surface area contributed by atoms with Gasteiger partial charge in [0.1, 0.15) is 0 Å². The molecule has 2 unspecified atom stereocenters. The lowest BCUT2D eigenvalue weighted by molar-refractivity contribution is -0.130. The number of nitrogens with zero attached hydrogens (tertiary/aromatic N) is 3. The van der Waals surface area contributed by atoms with Crippen LogP contribution in [-0.2, 0) is 4.79 Å². The van der Waals surface area contributed by atoms with Crippen molar-refractivity contribution in [2.45, 2.75) is 32.3 Å². The van der Waals surface area contributed by atoms with Crippen molar-refractivity contribution in [3.63, 3.8) is 0 Å². The van der Waals surface area contributed by atoms with Gasteiger partial charge in [-0.15, -0.1) is 0 Å². The van der Waals surface area contributed by atoms with Gasteiger partial charge in [-0.2, -0.15) is 0 Å². The van der Waals surface area contributed by atoms with Gasteiger partial charge in [-0.3, -0.25) is 14.2 Å². The molecule has 0 aliphatic carbocycles. The van der Waals surface area contributed by atoms with Crippen molar-refractivity contribution in [2.75, 3.05) is 18.8 Å². The maximum Gasteiger partial charge on any atom is 0.266 e. The molecule has 2 aromatic carbocycles. The van der Waals surface area contributed by atoms with E-state index in [0.717, 1.165) is 30.8 Å². The standard InChI is InChI=1S/C24H27N3O2S/c1-16-8-10-19(11-9-16)27-23(29)20-6-4-5-7-21(20)25-24(27)30-15-22(28)26-13-17(2)12-18(3)14-26/h4-11,17-18H,12-15H2,1-3H3. The van der Waals surface area contributed by atoms with E-state index >= 15 is 0 Å². The highest BCUT2D eigenvalue weighted by atomic mass is 32.2. The summed E-state index contributed by atoms with van der Waals surface area (Å²) in [5, 5.41) is 1.13. The van der Waals surface area contributed by atoms with Crippen molar-refractivity contribution in [1.82, 2.24) is 14.5 Å². The van der Waals surface area contributed by atoms with Gasteiger partial charge in [0.2, 0.25) is 5.91 Å². The zero-order valence-corrected chi connectivity index (χ0v) is 18.5. The van der Waals surface area contributed by atoms with Crippen LogP contribution in [0.5, 0.6) is 0 Å². The summed E-state index contributed by atoms with van der Waals surface area (Å²) in [6.07, 6.45) is 1.16. The lowest BCUT2D eigenvalue weighted by Crippen LogP contribution is -2.43. The molecule has 0 saturated carbocycles. The molecule has 1 aliphatic heterocycles. The van der Waals surface area contributed by atoms with Crippen molar-refractivity contribution in [2.24, 2.45) is 11.8 Å². The van der Waals surface area contributed by atoms with Gasteiger partial charge in [0.25, 0.3) is 5.56 Å². The SMILES string of the molecule is Cc1ccc(-n2c(SCC(=O)N3CC(C)CC(C)C3)nc3ccccc3c2=O)cc1. The molecule has 0 radical (unpaired) electrons. The highest BCUT2D eigenvalue weighted by Crippen LogP contribution is 2.25. The smallest absolute Gasteiger partial charge is 0.266 e. The molecule has 4 rings (SSSR count). The van der Waals surface area contributed by atoms with E-state index in [0.29, 0.717) is 27.9 Å². The molecule has 0 bridgehead atoms. The van der Waals surface area contributed by atoms with Gasteiger partial charge in [-0.1, -0.05) is 55.4 Å². The molecule has 3 aromatic rings. The van der Waals surface area contributed by atoms with Crippen LogP contribution in [0.1, 0.15) is 25.8 Å². The number of aryl methyl sites for hydroxylation is 1. The van der Waals surface area contributed by atoms with Crippen LogP contribution in [0.4, 0.5) is 0 Å². The van der Waals surface area contributed by atoms with Crippen LogP contribution < -0.4 is 5.56 Å². The van der Waals surface area contributed by atoms with Crippen molar-refractivity contribution in [3.05, 3.63) is 64.4 Å². The number of benzene rings is 2. The monoisotopic (exact) mass is 421 g/mol. The molecule has 0 N–H and O–H groups in total. The Kier molecular flexibility index (Phi) is 5.95. The second-order valence-corrected chi connectivity index (χ2v) is 9.36. The van der Waals surface area contributed by atoms with Crippen LogP contribution in [0.15, 0.2) is 58.5 Å². The van der Waals surface area contributed by atoms with Crippen molar-refractivity contribution < 1.29 is 4.79 Å². The zero-order chi connectivity index (χ0) is 21.3. The molecule has 2 atom stereocenters. The first kappa shape index (κ1) is 20.7. The third kappa shape index (κ3) is 4.29. The lowest BCUT2D eigenvalue weighted by Gasteiger charge is -2.35. The Morgan fingerprint density at radius 2 is 1.73 bits per heavy atom. The molecular weight excluding hydrogens is 394 g/mol. The topological polar surface area (TPSA) is 55.2 Å². The van der Waals surface area contributed by atoms with Gasteiger partial charge in [-0.25, -0.2) is 4.98 Å². The van der Waals surface area contributed by atoms with E-state index in [1.807, 2.05) is 54.3 Å². The molecule has 1 aliphatic rings. The van der Waals surface area contributed by atoms with Crippen LogP contribution in [0, 0.1) is 18.8 Å². The Hall–Kier alpha value is -2.60. The average Bonchev–Trinajstić information content (AvgIpc) is 2.72. The molecular formula is C24H27N3O2S. The second-order valence-electron chi connectivity index (χ2n) is 8.42. The number of amides is 1. The molecule has 156 valence electrons. The molecule has 1 fully saturated rings. The normalized spacial score (nSPS) is 19.2. The summed E-state index contributed by atoms with van der Waals surface area (Å²) in [7, 11) is 0. The van der Waals surface area contributed by atoms with E-state index < -0.39 is 0 Å². The Morgan fingerprint density at radius 3 is 2.43 bits per heavy atom. The largest absolute Gasteiger partial charge is 0.341 e. The first-order valence-corrected chi connectivity index (χ1v) is 11.4. The van der Waals surface area contributed by atoms with Gasteiger partial charge in [0.15, 0.2) is 5.16 Å². The predicted molar refractivity (Wildman–Crippen MR) is 122 cm³/mol. The number of hydrogen-bond acceptors (Lipinski definition) is 4. The summed E-state index contributed by atoms with van der Waals surface area (Å²) in [6.45, 7) is 8.02. The van der Waals surface area contributed by atoms with Crippen LogP contribution in [0.3, 0.4) is 0 Å². The summed E-state index contributed by atoms with van der Waals surface area (Å²) in [5.74, 6) is 1.42. The third-order valence-corrected chi connectivity index (χ3v) is 6.51. The molecule has 2 heterocycles. The lowest BCUT2D eigenvalue weighted by atomic mass is 9.92. The molecule has 1 amide bonds. The van der Waals surface area contributed by atoms with Crippen molar-refractivity contribution >= 4 is 28.6 Å². The number of carbonyl (C=O) groups is 1. The van der Waals surface area contributed by atoms with E-state index in [2.05, 4.69) is 13.8 Å². The summed E-state index contributed by atoms with van der Waals surface area (Å²) >= 11 is 1.34. The van der Waals surface area contributed by atoms with E-state index in [1.54, 1.807) is 10.6 Å². The van der Waals surface area contributed by atoms with Gasteiger partial charge < -0.3 is 4.90 Å². The fraction of sp³-hybridized carbons (Fsp3) is 0.375. The Bertz CT molecular complexity index is 1110. The predicted octanol–water partition coefficient (Wildman–Crippen LogP) is 4.29. The first-order valence-electron chi connectivity index (χ1n) is 10.4. The Balaban J connectivity index is 1.67. The average molecular weight is 422 g/mol. The summed E-state index contributed by atoms with van der Waals surface area (Å²) < 4.78 is 1.63. The summed E-state index contributed by atoms with van der Waals surface area (Å²) in [4.78, 5) is 32.9. The highest BCUT2D eigenvalue weighted by molar-refractivity contribution is 7.99. The fourth-order valence-electron chi connectivity index (χ4n) is 4.21. The van der Waals surface area contributed by atoms with E-state index in [9.17, 15) is 9.59 Å². The molecule has 30 heavy (non-hydrogen) atoms.